The Hall–Kier alpha value is -3.41. The van der Waals surface area contributed by atoms with Crippen LogP contribution in [-0.2, 0) is 6.54 Å². The minimum absolute atomic E-state index is 0.0688. The number of aromatic nitrogens is 1. The molecule has 3 aromatic rings. The molecule has 2 aliphatic rings. The summed E-state index contributed by atoms with van der Waals surface area (Å²) in [4.78, 5) is 20.6. The van der Waals surface area contributed by atoms with Crippen molar-refractivity contribution < 1.29 is 13.9 Å². The Labute approximate surface area is 162 Å². The molecule has 1 saturated heterocycles. The van der Waals surface area contributed by atoms with Gasteiger partial charge in [0.25, 0.3) is 5.91 Å². The Morgan fingerprint density at radius 2 is 1.71 bits per heavy atom. The van der Waals surface area contributed by atoms with E-state index in [1.54, 1.807) is 29.4 Å². The van der Waals surface area contributed by atoms with Crippen molar-refractivity contribution in [2.24, 2.45) is 0 Å². The largest absolute Gasteiger partial charge is 0.487 e. The van der Waals surface area contributed by atoms with Gasteiger partial charge in [0.1, 0.15) is 17.7 Å². The van der Waals surface area contributed by atoms with E-state index in [-0.39, 0.29) is 17.8 Å². The van der Waals surface area contributed by atoms with E-state index in [1.165, 1.54) is 12.1 Å². The Morgan fingerprint density at radius 1 is 0.964 bits per heavy atom. The van der Waals surface area contributed by atoms with E-state index < -0.39 is 0 Å². The van der Waals surface area contributed by atoms with Crippen LogP contribution in [0.2, 0.25) is 0 Å². The summed E-state index contributed by atoms with van der Waals surface area (Å²) >= 11 is 0. The highest BCUT2D eigenvalue weighted by atomic mass is 19.1. The average molecular weight is 375 g/mol. The van der Waals surface area contributed by atoms with Gasteiger partial charge >= 0.3 is 0 Å². The molecule has 2 aliphatic heterocycles. The van der Waals surface area contributed by atoms with Crippen molar-refractivity contribution in [1.82, 2.24) is 4.98 Å². The van der Waals surface area contributed by atoms with Gasteiger partial charge in [0, 0.05) is 29.3 Å². The third-order valence-corrected chi connectivity index (χ3v) is 5.20. The molecule has 0 unspecified atom stereocenters. The van der Waals surface area contributed by atoms with Crippen molar-refractivity contribution in [3.8, 4) is 5.75 Å². The fraction of sp³-hybridized carbons (Fsp3) is 0.182. The molecule has 6 heteroatoms. The van der Waals surface area contributed by atoms with Crippen LogP contribution in [0.1, 0.15) is 15.9 Å². The number of pyridine rings is 1. The first-order valence-electron chi connectivity index (χ1n) is 9.19. The fourth-order valence-electron chi connectivity index (χ4n) is 3.67. The molecule has 0 saturated carbocycles. The lowest BCUT2D eigenvalue weighted by molar-refractivity contribution is 0.0996. The van der Waals surface area contributed by atoms with Crippen molar-refractivity contribution in [2.45, 2.75) is 12.6 Å². The monoisotopic (exact) mass is 375 g/mol. The van der Waals surface area contributed by atoms with Crippen molar-refractivity contribution in [3.63, 3.8) is 0 Å². The molecular formula is C22H18FN3O2. The highest BCUT2D eigenvalue weighted by Crippen LogP contribution is 2.32. The molecule has 0 bridgehead atoms. The molecular weight excluding hydrogens is 357 g/mol. The highest BCUT2D eigenvalue weighted by molar-refractivity contribution is 6.10. The average Bonchev–Trinajstić information content (AvgIpc) is 3.02. The maximum absolute atomic E-state index is 13.2. The molecule has 1 amide bonds. The summed E-state index contributed by atoms with van der Waals surface area (Å²) in [6.07, 6.45) is 3.69. The second-order valence-corrected chi connectivity index (χ2v) is 7.04. The summed E-state index contributed by atoms with van der Waals surface area (Å²) in [5.41, 5.74) is 3.43. The normalized spacial score (nSPS) is 16.1. The minimum Gasteiger partial charge on any atom is -0.487 e. The Morgan fingerprint density at radius 3 is 2.46 bits per heavy atom. The molecule has 0 atom stereocenters. The maximum Gasteiger partial charge on any atom is 0.258 e. The van der Waals surface area contributed by atoms with Crippen molar-refractivity contribution in [1.29, 1.82) is 0 Å². The van der Waals surface area contributed by atoms with E-state index in [0.29, 0.717) is 17.8 Å². The molecule has 2 aromatic carbocycles. The Kier molecular flexibility index (Phi) is 3.97. The quantitative estimate of drug-likeness (QED) is 0.698. The summed E-state index contributed by atoms with van der Waals surface area (Å²) in [6, 6.07) is 15.6. The third kappa shape index (κ3) is 2.97. The van der Waals surface area contributed by atoms with Gasteiger partial charge in [-0.05, 0) is 60.2 Å². The van der Waals surface area contributed by atoms with E-state index in [0.717, 1.165) is 30.1 Å². The van der Waals surface area contributed by atoms with Gasteiger partial charge in [-0.1, -0.05) is 0 Å². The van der Waals surface area contributed by atoms with E-state index >= 15 is 0 Å². The second kappa shape index (κ2) is 6.64. The van der Waals surface area contributed by atoms with E-state index in [2.05, 4.69) is 9.88 Å². The van der Waals surface area contributed by atoms with E-state index in [4.69, 9.17) is 4.74 Å². The first-order valence-corrected chi connectivity index (χ1v) is 9.19. The summed E-state index contributed by atoms with van der Waals surface area (Å²) in [5, 5.41) is 0. The molecule has 5 rings (SSSR count). The number of hydrogen-bond donors (Lipinski definition) is 0. The number of amides is 1. The summed E-state index contributed by atoms with van der Waals surface area (Å²) in [7, 11) is 0. The van der Waals surface area contributed by atoms with Gasteiger partial charge in [0.05, 0.1) is 19.6 Å². The third-order valence-electron chi connectivity index (χ3n) is 5.20. The number of benzene rings is 2. The lowest BCUT2D eigenvalue weighted by Gasteiger charge is -2.40. The number of halogens is 1. The van der Waals surface area contributed by atoms with Crippen LogP contribution in [0.25, 0.3) is 0 Å². The van der Waals surface area contributed by atoms with Crippen LogP contribution >= 0.6 is 0 Å². The molecule has 0 radical (unpaired) electrons. The number of anilines is 2. The highest BCUT2D eigenvalue weighted by Gasteiger charge is 2.31. The number of carbonyl (C=O) groups excluding carboxylic acids is 1. The van der Waals surface area contributed by atoms with Crippen molar-refractivity contribution >= 4 is 17.3 Å². The number of hydrogen-bond acceptors (Lipinski definition) is 4. The Balaban J connectivity index is 1.26. The summed E-state index contributed by atoms with van der Waals surface area (Å²) in [5.74, 6) is 0.387. The first kappa shape index (κ1) is 16.7. The van der Waals surface area contributed by atoms with Crippen LogP contribution in [0.3, 0.4) is 0 Å². The second-order valence-electron chi connectivity index (χ2n) is 7.04. The van der Waals surface area contributed by atoms with E-state index in [9.17, 15) is 9.18 Å². The summed E-state index contributed by atoms with van der Waals surface area (Å²) < 4.78 is 19.2. The predicted octanol–water partition coefficient (Wildman–Crippen LogP) is 3.65. The first-order chi connectivity index (χ1) is 13.7. The van der Waals surface area contributed by atoms with Gasteiger partial charge in [-0.2, -0.15) is 0 Å². The van der Waals surface area contributed by atoms with Gasteiger partial charge in [0.15, 0.2) is 0 Å². The van der Waals surface area contributed by atoms with Gasteiger partial charge in [0.2, 0.25) is 0 Å². The van der Waals surface area contributed by atoms with Gasteiger partial charge in [-0.3, -0.25) is 9.78 Å². The van der Waals surface area contributed by atoms with Crippen LogP contribution in [0.5, 0.6) is 5.75 Å². The topological polar surface area (TPSA) is 45.7 Å². The van der Waals surface area contributed by atoms with Crippen LogP contribution in [0, 0.1) is 5.82 Å². The number of nitrogens with zero attached hydrogens (tertiary/aromatic N) is 3. The van der Waals surface area contributed by atoms with Gasteiger partial charge in [-0.15, -0.1) is 0 Å². The zero-order valence-electron chi connectivity index (χ0n) is 15.1. The maximum atomic E-state index is 13.2. The van der Waals surface area contributed by atoms with Crippen molar-refractivity contribution in [2.75, 3.05) is 22.9 Å². The Bertz CT molecular complexity index is 1020. The molecule has 1 fully saturated rings. The zero-order chi connectivity index (χ0) is 19.1. The van der Waals surface area contributed by atoms with Crippen LogP contribution in [0.4, 0.5) is 15.8 Å². The lowest BCUT2D eigenvalue weighted by atomic mass is 10.1. The smallest absolute Gasteiger partial charge is 0.258 e. The van der Waals surface area contributed by atoms with Gasteiger partial charge in [-0.25, -0.2) is 4.39 Å². The lowest BCUT2D eigenvalue weighted by Crippen LogP contribution is -2.54. The zero-order valence-corrected chi connectivity index (χ0v) is 15.1. The molecule has 0 N–H and O–H groups in total. The van der Waals surface area contributed by atoms with Crippen molar-refractivity contribution in [3.05, 3.63) is 83.9 Å². The predicted molar refractivity (Wildman–Crippen MR) is 104 cm³/mol. The molecule has 0 spiro atoms. The van der Waals surface area contributed by atoms with Crippen LogP contribution < -0.4 is 14.5 Å². The minimum atomic E-state index is -0.315. The van der Waals surface area contributed by atoms with E-state index in [1.807, 2.05) is 30.3 Å². The number of carbonyl (C=O) groups is 1. The number of fused-ring (bicyclic) bond motifs is 1. The SMILES string of the molecule is O=C1c2ccc(OC3CN(c4ccncc4)C3)cc2CN1c1ccc(F)cc1. The fourth-order valence-corrected chi connectivity index (χ4v) is 3.67. The molecule has 3 heterocycles. The molecule has 0 aliphatic carbocycles. The summed E-state index contributed by atoms with van der Waals surface area (Å²) in [6.45, 7) is 2.11. The number of ether oxygens (including phenoxy) is 1. The van der Waals surface area contributed by atoms with Gasteiger partial charge < -0.3 is 14.5 Å². The molecule has 1 aromatic heterocycles. The number of rotatable bonds is 4. The molecule has 5 nitrogen and oxygen atoms in total. The van der Waals surface area contributed by atoms with Crippen LogP contribution in [-0.4, -0.2) is 30.1 Å². The molecule has 28 heavy (non-hydrogen) atoms. The standard InChI is InChI=1S/C22H18FN3O2/c23-16-1-3-18(4-2-16)26-12-15-11-19(5-6-21(15)22(26)27)28-20-13-25(14-20)17-7-9-24-10-8-17/h1-11,20H,12-14H2. The molecule has 140 valence electrons. The van der Waals surface area contributed by atoms with Crippen LogP contribution in [0.15, 0.2) is 67.0 Å².